The summed E-state index contributed by atoms with van der Waals surface area (Å²) in [6, 6.07) is 4.75. The predicted molar refractivity (Wildman–Crippen MR) is 72.4 cm³/mol. The van der Waals surface area contributed by atoms with E-state index in [9.17, 15) is 9.59 Å². The first-order valence-electron chi connectivity index (χ1n) is 5.19. The second-order valence-electron chi connectivity index (χ2n) is 3.31. The lowest BCUT2D eigenvalue weighted by atomic mass is 10.1. The molecule has 92 valence electrons. The molecule has 0 radical (unpaired) electrons. The number of benzene rings is 1. The van der Waals surface area contributed by atoms with Gasteiger partial charge in [-0.1, -0.05) is 15.9 Å². The topological polar surface area (TPSA) is 43.4 Å². The number of ether oxygens (including phenoxy) is 1. The molecular weight excluding hydrogens is 304 g/mol. The van der Waals surface area contributed by atoms with Gasteiger partial charge in [0.25, 0.3) is 0 Å². The molecule has 0 unspecified atom stereocenters. The SMILES string of the molecule is CCOC(=O)c1ccc(C(=O)CCBr)c(S)c1. The number of hydrogen-bond acceptors (Lipinski definition) is 4. The van der Waals surface area contributed by atoms with E-state index in [4.69, 9.17) is 4.74 Å². The number of ketones is 1. The van der Waals surface area contributed by atoms with E-state index in [0.29, 0.717) is 34.4 Å². The Labute approximate surface area is 114 Å². The summed E-state index contributed by atoms with van der Waals surface area (Å²) in [5, 5.41) is 0.610. The van der Waals surface area contributed by atoms with E-state index in [1.54, 1.807) is 25.1 Å². The number of Topliss-reactive ketones (excluding diaryl/α,β-unsaturated/α-hetero) is 1. The zero-order valence-corrected chi connectivity index (χ0v) is 11.9. The van der Waals surface area contributed by atoms with E-state index in [2.05, 4.69) is 28.6 Å². The van der Waals surface area contributed by atoms with Crippen molar-refractivity contribution >= 4 is 40.3 Å². The van der Waals surface area contributed by atoms with E-state index >= 15 is 0 Å². The fraction of sp³-hybridized carbons (Fsp3) is 0.333. The molecule has 0 aromatic heterocycles. The summed E-state index contributed by atoms with van der Waals surface area (Å²) < 4.78 is 4.87. The van der Waals surface area contributed by atoms with E-state index in [-0.39, 0.29) is 5.78 Å². The zero-order chi connectivity index (χ0) is 12.8. The third-order valence-corrected chi connectivity index (χ3v) is 2.90. The Kier molecular flexibility index (Phi) is 5.71. The number of rotatable bonds is 5. The molecule has 0 aliphatic heterocycles. The molecule has 0 atom stereocenters. The Morgan fingerprint density at radius 2 is 2.12 bits per heavy atom. The third kappa shape index (κ3) is 3.85. The molecule has 0 saturated heterocycles. The third-order valence-electron chi connectivity index (χ3n) is 2.13. The van der Waals surface area contributed by atoms with Crippen molar-refractivity contribution in [1.82, 2.24) is 0 Å². The maximum absolute atomic E-state index is 11.7. The molecule has 1 aromatic rings. The number of carbonyl (C=O) groups is 2. The normalized spacial score (nSPS) is 10.1. The number of carbonyl (C=O) groups excluding carboxylic acids is 2. The van der Waals surface area contributed by atoms with Crippen LogP contribution in [0.3, 0.4) is 0 Å². The quantitative estimate of drug-likeness (QED) is 0.393. The molecule has 0 aliphatic carbocycles. The smallest absolute Gasteiger partial charge is 0.338 e. The molecule has 3 nitrogen and oxygen atoms in total. The van der Waals surface area contributed by atoms with Crippen molar-refractivity contribution in [3.8, 4) is 0 Å². The fourth-order valence-corrected chi connectivity index (χ4v) is 2.03. The van der Waals surface area contributed by atoms with Gasteiger partial charge in [-0.05, 0) is 25.1 Å². The average molecular weight is 317 g/mol. The summed E-state index contributed by atoms with van der Waals surface area (Å²) in [6.07, 6.45) is 0.409. The number of hydrogen-bond donors (Lipinski definition) is 1. The highest BCUT2D eigenvalue weighted by atomic mass is 79.9. The maximum atomic E-state index is 11.7. The van der Waals surface area contributed by atoms with Gasteiger partial charge in [-0.2, -0.15) is 0 Å². The molecule has 1 rings (SSSR count). The van der Waals surface area contributed by atoms with E-state index in [1.165, 1.54) is 0 Å². The fourth-order valence-electron chi connectivity index (χ4n) is 1.33. The van der Waals surface area contributed by atoms with Gasteiger partial charge >= 0.3 is 5.97 Å². The second-order valence-corrected chi connectivity index (χ2v) is 4.59. The van der Waals surface area contributed by atoms with Gasteiger partial charge in [-0.15, -0.1) is 12.6 Å². The van der Waals surface area contributed by atoms with Crippen molar-refractivity contribution in [2.24, 2.45) is 0 Å². The molecule has 5 heteroatoms. The summed E-state index contributed by atoms with van der Waals surface area (Å²) in [5.74, 6) is -0.399. The van der Waals surface area contributed by atoms with Crippen LogP contribution in [0.2, 0.25) is 0 Å². The Bertz CT molecular complexity index is 432. The van der Waals surface area contributed by atoms with Crippen LogP contribution in [0, 0.1) is 0 Å². The molecule has 0 bridgehead atoms. The lowest BCUT2D eigenvalue weighted by molar-refractivity contribution is 0.0525. The molecule has 0 aliphatic rings. The van der Waals surface area contributed by atoms with Crippen LogP contribution in [0.15, 0.2) is 23.1 Å². The van der Waals surface area contributed by atoms with Crippen molar-refractivity contribution < 1.29 is 14.3 Å². The number of esters is 1. The Morgan fingerprint density at radius 1 is 1.41 bits per heavy atom. The molecule has 17 heavy (non-hydrogen) atoms. The number of thiol groups is 1. The van der Waals surface area contributed by atoms with Crippen molar-refractivity contribution in [1.29, 1.82) is 0 Å². The van der Waals surface area contributed by atoms with E-state index in [0.717, 1.165) is 0 Å². The maximum Gasteiger partial charge on any atom is 0.338 e. The van der Waals surface area contributed by atoms with Crippen LogP contribution in [-0.2, 0) is 4.74 Å². The van der Waals surface area contributed by atoms with Crippen molar-refractivity contribution in [2.75, 3.05) is 11.9 Å². The minimum atomic E-state index is -0.401. The highest BCUT2D eigenvalue weighted by molar-refractivity contribution is 9.09. The monoisotopic (exact) mass is 316 g/mol. The largest absolute Gasteiger partial charge is 0.462 e. The van der Waals surface area contributed by atoms with Gasteiger partial charge in [0, 0.05) is 22.2 Å². The van der Waals surface area contributed by atoms with Crippen LogP contribution in [-0.4, -0.2) is 23.7 Å². The Hall–Kier alpha value is -0.810. The van der Waals surface area contributed by atoms with E-state index < -0.39 is 5.97 Å². The molecule has 0 spiro atoms. The van der Waals surface area contributed by atoms with Crippen LogP contribution in [0.1, 0.15) is 34.1 Å². The highest BCUT2D eigenvalue weighted by Gasteiger charge is 2.12. The number of alkyl halides is 1. The van der Waals surface area contributed by atoms with Crippen LogP contribution in [0.4, 0.5) is 0 Å². The summed E-state index contributed by atoms with van der Waals surface area (Å²) in [5.41, 5.74) is 0.938. The first-order chi connectivity index (χ1) is 8.10. The van der Waals surface area contributed by atoms with Crippen molar-refractivity contribution in [3.05, 3.63) is 29.3 Å². The molecule has 0 heterocycles. The molecule has 1 aromatic carbocycles. The van der Waals surface area contributed by atoms with Crippen molar-refractivity contribution in [2.45, 2.75) is 18.2 Å². The van der Waals surface area contributed by atoms with Gasteiger partial charge in [0.15, 0.2) is 5.78 Å². The standard InChI is InChI=1S/C12H13BrO3S/c1-2-16-12(15)8-3-4-9(11(17)7-8)10(14)5-6-13/h3-4,7,17H,2,5-6H2,1H3. The lowest BCUT2D eigenvalue weighted by Gasteiger charge is -2.06. The molecule has 0 fully saturated rings. The first-order valence-corrected chi connectivity index (χ1v) is 6.76. The molecule has 0 N–H and O–H groups in total. The molecule has 0 saturated carbocycles. The second kappa shape index (κ2) is 6.81. The van der Waals surface area contributed by atoms with Crippen LogP contribution < -0.4 is 0 Å². The predicted octanol–water partition coefficient (Wildman–Crippen LogP) is 3.12. The lowest BCUT2D eigenvalue weighted by Crippen LogP contribution is -2.07. The molecular formula is C12H13BrO3S. The van der Waals surface area contributed by atoms with Crippen LogP contribution in [0.25, 0.3) is 0 Å². The Balaban J connectivity index is 2.93. The minimum absolute atomic E-state index is 0.00211. The van der Waals surface area contributed by atoms with Crippen LogP contribution in [0.5, 0.6) is 0 Å². The van der Waals surface area contributed by atoms with Gasteiger partial charge in [-0.3, -0.25) is 4.79 Å². The summed E-state index contributed by atoms with van der Waals surface area (Å²) in [6.45, 7) is 2.07. The summed E-state index contributed by atoms with van der Waals surface area (Å²) >= 11 is 7.43. The molecule has 0 amide bonds. The van der Waals surface area contributed by atoms with Gasteiger partial charge in [0.05, 0.1) is 12.2 Å². The minimum Gasteiger partial charge on any atom is -0.462 e. The van der Waals surface area contributed by atoms with Gasteiger partial charge in [0.2, 0.25) is 0 Å². The Morgan fingerprint density at radius 3 is 2.65 bits per heavy atom. The van der Waals surface area contributed by atoms with E-state index in [1.807, 2.05) is 0 Å². The van der Waals surface area contributed by atoms with Gasteiger partial charge < -0.3 is 4.74 Å². The van der Waals surface area contributed by atoms with Gasteiger partial charge in [-0.25, -0.2) is 4.79 Å². The zero-order valence-electron chi connectivity index (χ0n) is 9.40. The summed E-state index contributed by atoms with van der Waals surface area (Å²) in [4.78, 5) is 23.6. The highest BCUT2D eigenvalue weighted by Crippen LogP contribution is 2.18. The average Bonchev–Trinajstić information content (AvgIpc) is 2.29. The summed E-state index contributed by atoms with van der Waals surface area (Å²) in [7, 11) is 0. The first kappa shape index (κ1) is 14.3. The van der Waals surface area contributed by atoms with Crippen LogP contribution >= 0.6 is 28.6 Å². The van der Waals surface area contributed by atoms with Crippen molar-refractivity contribution in [3.63, 3.8) is 0 Å². The number of halogens is 1. The van der Waals surface area contributed by atoms with Gasteiger partial charge in [0.1, 0.15) is 0 Å².